The van der Waals surface area contributed by atoms with Crippen LogP contribution in [0.3, 0.4) is 0 Å². The van der Waals surface area contributed by atoms with Crippen molar-refractivity contribution < 1.29 is 4.74 Å². The molecule has 0 aliphatic rings. The van der Waals surface area contributed by atoms with Crippen LogP contribution in [0.2, 0.25) is 0 Å². The summed E-state index contributed by atoms with van der Waals surface area (Å²) in [6, 6.07) is 9.85. The van der Waals surface area contributed by atoms with E-state index in [0.29, 0.717) is 11.3 Å². The van der Waals surface area contributed by atoms with Gasteiger partial charge in [0.1, 0.15) is 17.4 Å². The van der Waals surface area contributed by atoms with Crippen LogP contribution >= 0.6 is 0 Å². The van der Waals surface area contributed by atoms with E-state index in [1.165, 1.54) is 0 Å². The largest absolute Gasteiger partial charge is 0.436 e. The molecule has 1 aromatic heterocycles. The highest BCUT2D eigenvalue weighted by atomic mass is 16.5. The maximum atomic E-state index is 9.40. The second kappa shape index (κ2) is 6.16. The van der Waals surface area contributed by atoms with E-state index in [-0.39, 0.29) is 5.88 Å². The number of benzene rings is 1. The van der Waals surface area contributed by atoms with E-state index >= 15 is 0 Å². The van der Waals surface area contributed by atoms with Crippen LogP contribution in [0.15, 0.2) is 24.3 Å². The summed E-state index contributed by atoms with van der Waals surface area (Å²) in [4.78, 5) is 0. The van der Waals surface area contributed by atoms with Crippen LogP contribution in [0.4, 0.5) is 0 Å². The molecule has 20 heavy (non-hydrogen) atoms. The highest BCUT2D eigenvalue weighted by Gasteiger charge is 2.16. The molecule has 2 rings (SSSR count). The lowest BCUT2D eigenvalue weighted by Gasteiger charge is -2.12. The molecule has 0 aliphatic heterocycles. The Morgan fingerprint density at radius 3 is 2.50 bits per heavy atom. The Labute approximate surface area is 119 Å². The SMILES string of the molecule is CCc1nnc(Oc2ccccc2C)c(C#N)c1CC. The molecular formula is C16H17N3O. The molecule has 1 heterocycles. The fraction of sp³-hybridized carbons (Fsp3) is 0.312. The zero-order valence-electron chi connectivity index (χ0n) is 12.0. The normalized spacial score (nSPS) is 10.1. The number of aromatic nitrogens is 2. The number of rotatable bonds is 4. The van der Waals surface area contributed by atoms with Gasteiger partial charge in [-0.2, -0.15) is 10.4 Å². The van der Waals surface area contributed by atoms with Gasteiger partial charge in [-0.3, -0.25) is 0 Å². The van der Waals surface area contributed by atoms with Gasteiger partial charge in [-0.25, -0.2) is 0 Å². The molecule has 0 fully saturated rings. The summed E-state index contributed by atoms with van der Waals surface area (Å²) >= 11 is 0. The van der Waals surface area contributed by atoms with Crippen LogP contribution in [-0.4, -0.2) is 10.2 Å². The van der Waals surface area contributed by atoms with Crippen molar-refractivity contribution in [1.29, 1.82) is 5.26 Å². The summed E-state index contributed by atoms with van der Waals surface area (Å²) in [6.07, 6.45) is 1.50. The van der Waals surface area contributed by atoms with Crippen molar-refractivity contribution in [3.63, 3.8) is 0 Å². The highest BCUT2D eigenvalue weighted by Crippen LogP contribution is 2.28. The fourth-order valence-electron chi connectivity index (χ4n) is 2.12. The van der Waals surface area contributed by atoms with Crippen LogP contribution in [-0.2, 0) is 12.8 Å². The van der Waals surface area contributed by atoms with Gasteiger partial charge in [-0.1, -0.05) is 32.0 Å². The molecule has 0 N–H and O–H groups in total. The zero-order chi connectivity index (χ0) is 14.5. The summed E-state index contributed by atoms with van der Waals surface area (Å²) in [5, 5.41) is 17.6. The summed E-state index contributed by atoms with van der Waals surface area (Å²) in [7, 11) is 0. The van der Waals surface area contributed by atoms with Crippen LogP contribution in [0.1, 0.15) is 36.2 Å². The maximum Gasteiger partial charge on any atom is 0.257 e. The summed E-state index contributed by atoms with van der Waals surface area (Å²) in [6.45, 7) is 5.97. The number of hydrogen-bond acceptors (Lipinski definition) is 4. The van der Waals surface area contributed by atoms with Crippen molar-refractivity contribution in [3.05, 3.63) is 46.6 Å². The summed E-state index contributed by atoms with van der Waals surface area (Å²) in [5.41, 5.74) is 3.27. The number of para-hydroxylation sites is 1. The van der Waals surface area contributed by atoms with Crippen LogP contribution in [0.5, 0.6) is 11.6 Å². The van der Waals surface area contributed by atoms with E-state index in [1.807, 2.05) is 45.0 Å². The van der Waals surface area contributed by atoms with Gasteiger partial charge < -0.3 is 4.74 Å². The van der Waals surface area contributed by atoms with Gasteiger partial charge in [0.2, 0.25) is 0 Å². The molecule has 0 spiro atoms. The van der Waals surface area contributed by atoms with Crippen molar-refractivity contribution in [2.24, 2.45) is 0 Å². The first-order chi connectivity index (χ1) is 9.71. The third-order valence-electron chi connectivity index (χ3n) is 3.23. The van der Waals surface area contributed by atoms with E-state index in [4.69, 9.17) is 4.74 Å². The van der Waals surface area contributed by atoms with E-state index in [0.717, 1.165) is 29.7 Å². The highest BCUT2D eigenvalue weighted by molar-refractivity contribution is 5.48. The number of nitrogens with zero attached hydrogens (tertiary/aromatic N) is 3. The van der Waals surface area contributed by atoms with Gasteiger partial charge in [0.05, 0.1) is 5.69 Å². The molecule has 0 atom stereocenters. The molecule has 0 bridgehead atoms. The third kappa shape index (κ3) is 2.62. The Morgan fingerprint density at radius 2 is 1.90 bits per heavy atom. The van der Waals surface area contributed by atoms with Crippen LogP contribution < -0.4 is 4.74 Å². The monoisotopic (exact) mass is 267 g/mol. The van der Waals surface area contributed by atoms with Gasteiger partial charge in [0.25, 0.3) is 5.88 Å². The molecular weight excluding hydrogens is 250 g/mol. The molecule has 0 saturated heterocycles. The molecule has 1 aromatic carbocycles. The zero-order valence-corrected chi connectivity index (χ0v) is 12.0. The molecule has 102 valence electrons. The lowest BCUT2D eigenvalue weighted by atomic mass is 10.0. The molecule has 0 unspecified atom stereocenters. The second-order valence-corrected chi connectivity index (χ2v) is 4.49. The number of ether oxygens (including phenoxy) is 1. The smallest absolute Gasteiger partial charge is 0.257 e. The minimum atomic E-state index is 0.288. The van der Waals surface area contributed by atoms with Crippen molar-refractivity contribution >= 4 is 0 Å². The Morgan fingerprint density at radius 1 is 1.15 bits per heavy atom. The number of hydrogen-bond donors (Lipinski definition) is 0. The standard InChI is InChI=1S/C16H17N3O/c1-4-12-13(10-17)16(19-18-14(12)5-2)20-15-9-7-6-8-11(15)3/h6-9H,4-5H2,1-3H3. The van der Waals surface area contributed by atoms with Gasteiger partial charge in [-0.15, -0.1) is 5.10 Å². The maximum absolute atomic E-state index is 9.40. The summed E-state index contributed by atoms with van der Waals surface area (Å²) in [5.74, 6) is 0.987. The number of nitriles is 1. The Bertz CT molecular complexity index is 659. The predicted molar refractivity (Wildman–Crippen MR) is 76.8 cm³/mol. The Hall–Kier alpha value is -2.41. The van der Waals surface area contributed by atoms with Crippen molar-refractivity contribution in [1.82, 2.24) is 10.2 Å². The predicted octanol–water partition coefficient (Wildman–Crippen LogP) is 3.57. The van der Waals surface area contributed by atoms with E-state index in [2.05, 4.69) is 16.3 Å². The first-order valence-electron chi connectivity index (χ1n) is 6.73. The quantitative estimate of drug-likeness (QED) is 0.849. The first-order valence-corrected chi connectivity index (χ1v) is 6.73. The molecule has 0 radical (unpaired) electrons. The molecule has 0 aliphatic carbocycles. The lowest BCUT2D eigenvalue weighted by Crippen LogP contribution is -2.05. The molecule has 2 aromatic rings. The average molecular weight is 267 g/mol. The van der Waals surface area contributed by atoms with Crippen molar-refractivity contribution in [2.45, 2.75) is 33.6 Å². The molecule has 0 amide bonds. The third-order valence-corrected chi connectivity index (χ3v) is 3.23. The van der Waals surface area contributed by atoms with Crippen molar-refractivity contribution in [2.75, 3.05) is 0 Å². The van der Waals surface area contributed by atoms with E-state index in [1.54, 1.807) is 0 Å². The van der Waals surface area contributed by atoms with Crippen LogP contribution in [0, 0.1) is 18.3 Å². The Balaban J connectivity index is 2.48. The van der Waals surface area contributed by atoms with E-state index < -0.39 is 0 Å². The molecule has 4 heteroatoms. The van der Waals surface area contributed by atoms with Gasteiger partial charge in [0.15, 0.2) is 0 Å². The van der Waals surface area contributed by atoms with Gasteiger partial charge in [-0.05, 0) is 37.0 Å². The minimum absolute atomic E-state index is 0.288. The summed E-state index contributed by atoms with van der Waals surface area (Å²) < 4.78 is 5.78. The first kappa shape index (κ1) is 14.0. The second-order valence-electron chi connectivity index (χ2n) is 4.49. The molecule has 4 nitrogen and oxygen atoms in total. The van der Waals surface area contributed by atoms with Gasteiger partial charge in [0, 0.05) is 0 Å². The van der Waals surface area contributed by atoms with Crippen LogP contribution in [0.25, 0.3) is 0 Å². The topological polar surface area (TPSA) is 58.8 Å². The fourth-order valence-corrected chi connectivity index (χ4v) is 2.12. The molecule has 0 saturated carbocycles. The van der Waals surface area contributed by atoms with E-state index in [9.17, 15) is 5.26 Å². The number of aryl methyl sites for hydroxylation is 2. The Kier molecular flexibility index (Phi) is 4.31. The lowest BCUT2D eigenvalue weighted by molar-refractivity contribution is 0.447. The van der Waals surface area contributed by atoms with Gasteiger partial charge >= 0.3 is 0 Å². The minimum Gasteiger partial charge on any atom is -0.436 e. The van der Waals surface area contributed by atoms with Crippen molar-refractivity contribution in [3.8, 4) is 17.7 Å². The average Bonchev–Trinajstić information content (AvgIpc) is 2.48.